The molecule has 0 aromatic carbocycles. The van der Waals surface area contributed by atoms with Crippen molar-refractivity contribution in [2.45, 2.75) is 25.6 Å². The van der Waals surface area contributed by atoms with Gasteiger partial charge in [0.05, 0.1) is 24.6 Å². The van der Waals surface area contributed by atoms with E-state index < -0.39 is 0 Å². The lowest BCUT2D eigenvalue weighted by atomic mass is 10.1. The lowest BCUT2D eigenvalue weighted by molar-refractivity contribution is 0.0218. The van der Waals surface area contributed by atoms with Crippen LogP contribution in [0.5, 0.6) is 0 Å². The van der Waals surface area contributed by atoms with Crippen molar-refractivity contribution >= 4 is 22.8 Å². The normalized spacial score (nSPS) is 18.2. The van der Waals surface area contributed by atoms with E-state index >= 15 is 0 Å². The molecular formula is C17H20N6OS. The van der Waals surface area contributed by atoms with E-state index in [2.05, 4.69) is 20.3 Å². The number of rotatable bonds is 4. The summed E-state index contributed by atoms with van der Waals surface area (Å²) in [5.41, 5.74) is 3.47. The molecule has 1 fully saturated rings. The number of hydrogen-bond donors (Lipinski definition) is 1. The third-order valence-electron chi connectivity index (χ3n) is 4.86. The SMILES string of the molecule is c1csc(COC2CN(c3c4c(nc5ccnn35)CCNCC4)C2)n1. The first kappa shape index (κ1) is 15.2. The highest BCUT2D eigenvalue weighted by molar-refractivity contribution is 7.09. The van der Waals surface area contributed by atoms with Gasteiger partial charge in [0.1, 0.15) is 10.8 Å². The van der Waals surface area contributed by atoms with Crippen LogP contribution in [0.25, 0.3) is 5.65 Å². The molecule has 5 heterocycles. The van der Waals surface area contributed by atoms with Crippen LogP contribution in [0, 0.1) is 0 Å². The van der Waals surface area contributed by atoms with E-state index in [9.17, 15) is 0 Å². The van der Waals surface area contributed by atoms with Gasteiger partial charge in [0.25, 0.3) is 0 Å². The van der Waals surface area contributed by atoms with Crippen LogP contribution in [-0.2, 0) is 24.2 Å². The van der Waals surface area contributed by atoms with Crippen LogP contribution in [0.4, 0.5) is 5.82 Å². The summed E-state index contributed by atoms with van der Waals surface area (Å²) in [5, 5.41) is 11.0. The van der Waals surface area contributed by atoms with E-state index in [0.29, 0.717) is 6.61 Å². The van der Waals surface area contributed by atoms with E-state index in [1.807, 2.05) is 28.4 Å². The Morgan fingerprint density at radius 3 is 3.04 bits per heavy atom. The van der Waals surface area contributed by atoms with Gasteiger partial charge in [-0.15, -0.1) is 11.3 Å². The summed E-state index contributed by atoms with van der Waals surface area (Å²) < 4.78 is 7.97. The molecule has 2 aliphatic rings. The number of hydrogen-bond acceptors (Lipinski definition) is 7. The average molecular weight is 356 g/mol. The molecule has 2 aliphatic heterocycles. The smallest absolute Gasteiger partial charge is 0.157 e. The Balaban J connectivity index is 1.38. The first-order valence-corrected chi connectivity index (χ1v) is 9.57. The summed E-state index contributed by atoms with van der Waals surface area (Å²) in [6, 6.07) is 1.98. The molecule has 8 heteroatoms. The van der Waals surface area contributed by atoms with Gasteiger partial charge in [-0.1, -0.05) is 0 Å². The predicted octanol–water partition coefficient (Wildman–Crippen LogP) is 1.28. The molecule has 3 aromatic rings. The van der Waals surface area contributed by atoms with Gasteiger partial charge in [0.2, 0.25) is 0 Å². The molecule has 0 aliphatic carbocycles. The van der Waals surface area contributed by atoms with Crippen LogP contribution in [0.3, 0.4) is 0 Å². The van der Waals surface area contributed by atoms with Crippen molar-refractivity contribution in [3.05, 3.63) is 40.1 Å². The maximum atomic E-state index is 5.98. The van der Waals surface area contributed by atoms with Gasteiger partial charge in [0, 0.05) is 49.3 Å². The maximum absolute atomic E-state index is 5.98. The molecule has 0 atom stereocenters. The summed E-state index contributed by atoms with van der Waals surface area (Å²) in [4.78, 5) is 11.5. The quantitative estimate of drug-likeness (QED) is 0.760. The third-order valence-corrected chi connectivity index (χ3v) is 5.61. The number of aromatic nitrogens is 4. The third kappa shape index (κ3) is 2.80. The number of fused-ring (bicyclic) bond motifs is 2. The zero-order valence-corrected chi connectivity index (χ0v) is 14.7. The van der Waals surface area contributed by atoms with Crippen LogP contribution in [-0.4, -0.2) is 51.9 Å². The lowest BCUT2D eigenvalue weighted by Crippen LogP contribution is -2.53. The minimum absolute atomic E-state index is 0.252. The Morgan fingerprint density at radius 2 is 2.16 bits per heavy atom. The van der Waals surface area contributed by atoms with Gasteiger partial charge in [-0.2, -0.15) is 9.61 Å². The number of ether oxygens (including phenoxy) is 1. The number of nitrogens with one attached hydrogen (secondary N) is 1. The lowest BCUT2D eigenvalue weighted by Gasteiger charge is -2.41. The predicted molar refractivity (Wildman–Crippen MR) is 96.2 cm³/mol. The molecule has 5 rings (SSSR count). The van der Waals surface area contributed by atoms with Gasteiger partial charge in [-0.3, -0.25) is 0 Å². The zero-order valence-electron chi connectivity index (χ0n) is 13.9. The topological polar surface area (TPSA) is 67.6 Å². The van der Waals surface area contributed by atoms with Gasteiger partial charge in [0.15, 0.2) is 5.65 Å². The zero-order chi connectivity index (χ0) is 16.6. The first-order chi connectivity index (χ1) is 12.4. The molecule has 0 spiro atoms. The van der Waals surface area contributed by atoms with Crippen LogP contribution in [0.15, 0.2) is 23.8 Å². The monoisotopic (exact) mass is 356 g/mol. The van der Waals surface area contributed by atoms with Gasteiger partial charge in [-0.25, -0.2) is 9.97 Å². The highest BCUT2D eigenvalue weighted by atomic mass is 32.1. The van der Waals surface area contributed by atoms with Crippen molar-refractivity contribution in [2.75, 3.05) is 31.1 Å². The van der Waals surface area contributed by atoms with Gasteiger partial charge < -0.3 is 15.0 Å². The second-order valence-corrected chi connectivity index (χ2v) is 7.45. The van der Waals surface area contributed by atoms with Gasteiger partial charge >= 0.3 is 0 Å². The summed E-state index contributed by atoms with van der Waals surface area (Å²) in [5.74, 6) is 1.20. The summed E-state index contributed by atoms with van der Waals surface area (Å²) in [6.45, 7) is 4.37. The Kier molecular flexibility index (Phi) is 3.88. The largest absolute Gasteiger partial charge is 0.367 e. The molecule has 7 nitrogen and oxygen atoms in total. The molecule has 130 valence electrons. The minimum Gasteiger partial charge on any atom is -0.367 e. The van der Waals surface area contributed by atoms with Crippen LogP contribution >= 0.6 is 11.3 Å². The second-order valence-electron chi connectivity index (χ2n) is 6.48. The number of anilines is 1. The highest BCUT2D eigenvalue weighted by Gasteiger charge is 2.32. The number of nitrogens with zero attached hydrogens (tertiary/aromatic N) is 5. The summed E-state index contributed by atoms with van der Waals surface area (Å²) in [7, 11) is 0. The highest BCUT2D eigenvalue weighted by Crippen LogP contribution is 2.30. The minimum atomic E-state index is 0.252. The first-order valence-electron chi connectivity index (χ1n) is 8.69. The molecule has 0 radical (unpaired) electrons. The summed E-state index contributed by atoms with van der Waals surface area (Å²) >= 11 is 1.64. The van der Waals surface area contributed by atoms with Crippen LogP contribution in [0.2, 0.25) is 0 Å². The molecule has 0 unspecified atom stereocenters. The van der Waals surface area contributed by atoms with Crippen LogP contribution in [0.1, 0.15) is 16.3 Å². The molecule has 1 N–H and O–H groups in total. The number of thiazole rings is 1. The standard InChI is InChI=1S/C17H20N6OS/c1-4-18-5-2-14-13(1)17(23-15(21-14)3-6-20-23)22-9-12(10-22)24-11-16-19-7-8-25-16/h3,6-8,12,18H,1-2,4-5,9-11H2. The Hall–Kier alpha value is -2.03. The maximum Gasteiger partial charge on any atom is 0.157 e. The van der Waals surface area contributed by atoms with E-state index in [1.54, 1.807) is 11.3 Å². The molecule has 25 heavy (non-hydrogen) atoms. The average Bonchev–Trinajstić information content (AvgIpc) is 3.20. The fourth-order valence-electron chi connectivity index (χ4n) is 3.57. The van der Waals surface area contributed by atoms with Crippen molar-refractivity contribution in [3.63, 3.8) is 0 Å². The van der Waals surface area contributed by atoms with Crippen molar-refractivity contribution in [1.29, 1.82) is 0 Å². The molecule has 0 saturated carbocycles. The van der Waals surface area contributed by atoms with Crippen molar-refractivity contribution < 1.29 is 4.74 Å². The molecule has 1 saturated heterocycles. The van der Waals surface area contributed by atoms with Gasteiger partial charge in [-0.05, 0) is 13.0 Å². The molecule has 3 aromatic heterocycles. The van der Waals surface area contributed by atoms with Crippen LogP contribution < -0.4 is 10.2 Å². The fraction of sp³-hybridized carbons (Fsp3) is 0.471. The van der Waals surface area contributed by atoms with Crippen molar-refractivity contribution in [1.82, 2.24) is 24.9 Å². The second kappa shape index (κ2) is 6.36. The Bertz CT molecular complexity index is 871. The molecular weight excluding hydrogens is 336 g/mol. The molecule has 0 amide bonds. The van der Waals surface area contributed by atoms with E-state index in [1.165, 1.54) is 17.1 Å². The van der Waals surface area contributed by atoms with E-state index in [-0.39, 0.29) is 6.10 Å². The van der Waals surface area contributed by atoms with E-state index in [4.69, 9.17) is 9.72 Å². The van der Waals surface area contributed by atoms with Crippen molar-refractivity contribution in [2.24, 2.45) is 0 Å². The Labute approximate surface area is 149 Å². The Morgan fingerprint density at radius 1 is 1.24 bits per heavy atom. The molecule has 0 bridgehead atoms. The fourth-order valence-corrected chi connectivity index (χ4v) is 4.11. The summed E-state index contributed by atoms with van der Waals surface area (Å²) in [6.07, 6.45) is 5.88. The van der Waals surface area contributed by atoms with E-state index in [0.717, 1.165) is 49.7 Å². The van der Waals surface area contributed by atoms with Crippen molar-refractivity contribution in [3.8, 4) is 0 Å².